The summed E-state index contributed by atoms with van der Waals surface area (Å²) in [7, 11) is 1.81. The third kappa shape index (κ3) is 2.22. The van der Waals surface area contributed by atoms with Gasteiger partial charge in [0.2, 0.25) is 5.95 Å². The highest BCUT2D eigenvalue weighted by molar-refractivity contribution is 5.38. The maximum absolute atomic E-state index is 5.36. The van der Waals surface area contributed by atoms with Gasteiger partial charge in [-0.2, -0.15) is 0 Å². The fourth-order valence-electron chi connectivity index (χ4n) is 3.11. The molecule has 19 heavy (non-hydrogen) atoms. The van der Waals surface area contributed by atoms with Gasteiger partial charge in [0, 0.05) is 38.0 Å². The van der Waals surface area contributed by atoms with E-state index in [0.717, 1.165) is 19.0 Å². The molecule has 1 spiro atoms. The molecule has 1 saturated heterocycles. The quantitative estimate of drug-likeness (QED) is 0.819. The van der Waals surface area contributed by atoms with Crippen LogP contribution in [0.5, 0.6) is 0 Å². The van der Waals surface area contributed by atoms with Gasteiger partial charge in [0.05, 0.1) is 6.10 Å². The zero-order chi connectivity index (χ0) is 13.7. The average Bonchev–Trinajstić information content (AvgIpc) is 2.25. The van der Waals surface area contributed by atoms with E-state index in [1.54, 1.807) is 0 Å². The first-order valence-corrected chi connectivity index (χ1v) is 7.02. The monoisotopic (exact) mass is 261 g/mol. The van der Waals surface area contributed by atoms with Crippen molar-refractivity contribution < 1.29 is 4.74 Å². The van der Waals surface area contributed by atoms with Crippen molar-refractivity contribution in [3.8, 4) is 0 Å². The van der Waals surface area contributed by atoms with Gasteiger partial charge in [0.1, 0.15) is 0 Å². The lowest BCUT2D eigenvalue weighted by Gasteiger charge is -2.58. The third-order valence-electron chi connectivity index (χ3n) is 4.49. The molecular weight excluding hydrogens is 238 g/mol. The number of ether oxygens (including phenoxy) is 1. The molecule has 0 bridgehead atoms. The Morgan fingerprint density at radius 2 is 1.79 bits per heavy atom. The normalized spacial score (nSPS) is 22.2. The van der Waals surface area contributed by atoms with Gasteiger partial charge in [-0.05, 0) is 23.8 Å². The lowest BCUT2D eigenvalue weighted by Crippen LogP contribution is -2.64. The SMILES string of the molecule is COC1CC2(C1)CN(c1ncc(C(C)(C)C)cn1)C2. The standard InChI is InChI=1S/C15H23N3O/c1-14(2,3)11-7-16-13(17-8-11)18-9-15(10-18)5-12(6-15)19-4/h7-8,12H,5-6,9-10H2,1-4H3. The number of anilines is 1. The summed E-state index contributed by atoms with van der Waals surface area (Å²) in [5, 5.41) is 0. The summed E-state index contributed by atoms with van der Waals surface area (Å²) in [6, 6.07) is 0. The van der Waals surface area contributed by atoms with E-state index in [1.165, 1.54) is 18.4 Å². The van der Waals surface area contributed by atoms with Crippen LogP contribution in [0.1, 0.15) is 39.2 Å². The largest absolute Gasteiger partial charge is 0.381 e. The van der Waals surface area contributed by atoms with Crippen molar-refractivity contribution in [1.82, 2.24) is 9.97 Å². The molecule has 0 radical (unpaired) electrons. The highest BCUT2D eigenvalue weighted by Gasteiger charge is 2.53. The van der Waals surface area contributed by atoms with Crippen LogP contribution in [0.25, 0.3) is 0 Å². The van der Waals surface area contributed by atoms with Crippen LogP contribution in [0.15, 0.2) is 12.4 Å². The van der Waals surface area contributed by atoms with Crippen LogP contribution >= 0.6 is 0 Å². The van der Waals surface area contributed by atoms with Gasteiger partial charge in [-0.25, -0.2) is 9.97 Å². The van der Waals surface area contributed by atoms with Crippen molar-refractivity contribution in [3.63, 3.8) is 0 Å². The van der Waals surface area contributed by atoms with Crippen molar-refractivity contribution in [2.45, 2.75) is 45.1 Å². The van der Waals surface area contributed by atoms with Crippen molar-refractivity contribution in [2.24, 2.45) is 5.41 Å². The Morgan fingerprint density at radius 3 is 2.26 bits per heavy atom. The first-order valence-electron chi connectivity index (χ1n) is 7.02. The van der Waals surface area contributed by atoms with Gasteiger partial charge in [-0.15, -0.1) is 0 Å². The Morgan fingerprint density at radius 1 is 1.21 bits per heavy atom. The smallest absolute Gasteiger partial charge is 0.225 e. The minimum Gasteiger partial charge on any atom is -0.381 e. The Bertz CT molecular complexity index is 449. The fraction of sp³-hybridized carbons (Fsp3) is 0.733. The summed E-state index contributed by atoms with van der Waals surface area (Å²) in [5.74, 6) is 0.875. The molecule has 2 heterocycles. The third-order valence-corrected chi connectivity index (χ3v) is 4.49. The number of hydrogen-bond donors (Lipinski definition) is 0. The molecule has 1 aromatic heterocycles. The van der Waals surface area contributed by atoms with Gasteiger partial charge in [0.15, 0.2) is 0 Å². The van der Waals surface area contributed by atoms with Crippen LogP contribution in [0, 0.1) is 5.41 Å². The summed E-state index contributed by atoms with van der Waals surface area (Å²) < 4.78 is 5.36. The molecule has 1 aliphatic carbocycles. The highest BCUT2D eigenvalue weighted by Crippen LogP contribution is 2.50. The van der Waals surface area contributed by atoms with E-state index >= 15 is 0 Å². The first kappa shape index (κ1) is 12.9. The first-order chi connectivity index (χ1) is 8.92. The van der Waals surface area contributed by atoms with E-state index in [1.807, 2.05) is 19.5 Å². The maximum atomic E-state index is 5.36. The Balaban J connectivity index is 1.61. The highest BCUT2D eigenvalue weighted by atomic mass is 16.5. The van der Waals surface area contributed by atoms with Crippen molar-refractivity contribution in [1.29, 1.82) is 0 Å². The van der Waals surface area contributed by atoms with Gasteiger partial charge in [-0.3, -0.25) is 0 Å². The topological polar surface area (TPSA) is 38.2 Å². The second-order valence-electron chi connectivity index (χ2n) is 7.14. The molecule has 4 heteroatoms. The second kappa shape index (κ2) is 4.17. The predicted octanol–water partition coefficient (Wildman–Crippen LogP) is 2.39. The molecule has 2 fully saturated rings. The van der Waals surface area contributed by atoms with E-state index in [2.05, 4.69) is 35.6 Å². The van der Waals surface area contributed by atoms with Gasteiger partial charge >= 0.3 is 0 Å². The second-order valence-corrected chi connectivity index (χ2v) is 7.14. The molecule has 0 N–H and O–H groups in total. The zero-order valence-corrected chi connectivity index (χ0v) is 12.3. The van der Waals surface area contributed by atoms with Crippen LogP contribution in [-0.4, -0.2) is 36.3 Å². The van der Waals surface area contributed by atoms with E-state index in [9.17, 15) is 0 Å². The summed E-state index contributed by atoms with van der Waals surface area (Å²) in [6.07, 6.45) is 6.80. The number of aromatic nitrogens is 2. The number of nitrogens with zero attached hydrogens (tertiary/aromatic N) is 3. The van der Waals surface area contributed by atoms with E-state index < -0.39 is 0 Å². The number of methoxy groups -OCH3 is 1. The van der Waals surface area contributed by atoms with Gasteiger partial charge in [-0.1, -0.05) is 20.8 Å². The maximum Gasteiger partial charge on any atom is 0.225 e. The molecule has 2 aliphatic rings. The summed E-state index contributed by atoms with van der Waals surface area (Å²) >= 11 is 0. The number of hydrogen-bond acceptors (Lipinski definition) is 4. The van der Waals surface area contributed by atoms with Crippen molar-refractivity contribution in [3.05, 3.63) is 18.0 Å². The van der Waals surface area contributed by atoms with Crippen LogP contribution < -0.4 is 4.90 Å². The lowest BCUT2D eigenvalue weighted by atomic mass is 9.62. The van der Waals surface area contributed by atoms with E-state index in [-0.39, 0.29) is 5.41 Å². The molecular formula is C15H23N3O. The molecule has 104 valence electrons. The van der Waals surface area contributed by atoms with Crippen LogP contribution in [0.2, 0.25) is 0 Å². The molecule has 0 atom stereocenters. The summed E-state index contributed by atoms with van der Waals surface area (Å²) in [4.78, 5) is 11.3. The Kier molecular flexibility index (Phi) is 2.82. The molecule has 1 aliphatic heterocycles. The molecule has 3 rings (SSSR count). The molecule has 0 unspecified atom stereocenters. The minimum absolute atomic E-state index is 0.119. The van der Waals surface area contributed by atoms with Gasteiger partial charge in [0.25, 0.3) is 0 Å². The summed E-state index contributed by atoms with van der Waals surface area (Å²) in [6.45, 7) is 8.72. The van der Waals surface area contributed by atoms with Crippen LogP contribution in [0.4, 0.5) is 5.95 Å². The fourth-order valence-corrected chi connectivity index (χ4v) is 3.11. The molecule has 0 aromatic carbocycles. The van der Waals surface area contributed by atoms with Crippen molar-refractivity contribution in [2.75, 3.05) is 25.1 Å². The van der Waals surface area contributed by atoms with Crippen molar-refractivity contribution >= 4 is 5.95 Å². The zero-order valence-electron chi connectivity index (χ0n) is 12.3. The molecule has 1 aromatic rings. The average molecular weight is 261 g/mol. The van der Waals surface area contributed by atoms with Crippen LogP contribution in [0.3, 0.4) is 0 Å². The van der Waals surface area contributed by atoms with E-state index in [4.69, 9.17) is 4.74 Å². The minimum atomic E-state index is 0.119. The van der Waals surface area contributed by atoms with E-state index in [0.29, 0.717) is 11.5 Å². The molecule has 1 saturated carbocycles. The Hall–Kier alpha value is -1.16. The lowest BCUT2D eigenvalue weighted by molar-refractivity contribution is -0.0735. The molecule has 4 nitrogen and oxygen atoms in total. The summed E-state index contributed by atoms with van der Waals surface area (Å²) in [5.41, 5.74) is 1.80. The number of rotatable bonds is 2. The van der Waals surface area contributed by atoms with Crippen LogP contribution in [-0.2, 0) is 10.2 Å². The Labute approximate surface area is 115 Å². The molecule has 0 amide bonds. The predicted molar refractivity (Wildman–Crippen MR) is 75.4 cm³/mol. The van der Waals surface area contributed by atoms with Gasteiger partial charge < -0.3 is 9.64 Å².